The Labute approximate surface area is 172 Å². The van der Waals surface area contributed by atoms with Gasteiger partial charge in [-0.3, -0.25) is 14.4 Å². The maximum absolute atomic E-state index is 12.1. The van der Waals surface area contributed by atoms with Crippen LogP contribution in [0.2, 0.25) is 0 Å². The van der Waals surface area contributed by atoms with Crippen molar-refractivity contribution < 1.29 is 28.3 Å². The van der Waals surface area contributed by atoms with Crippen molar-refractivity contribution in [1.29, 1.82) is 0 Å². The second-order valence-electron chi connectivity index (χ2n) is 6.56. The van der Waals surface area contributed by atoms with Gasteiger partial charge in [-0.1, -0.05) is 36.4 Å². The van der Waals surface area contributed by atoms with Gasteiger partial charge in [-0.05, 0) is 38.1 Å². The van der Waals surface area contributed by atoms with Crippen molar-refractivity contribution in [3.63, 3.8) is 0 Å². The molecule has 0 spiro atoms. The molecule has 0 fully saturated rings. The summed E-state index contributed by atoms with van der Waals surface area (Å²) in [5.74, 6) is -1.11. The van der Waals surface area contributed by atoms with Crippen LogP contribution in [-0.4, -0.2) is 30.0 Å². The first-order valence-corrected chi connectivity index (χ1v) is 9.12. The summed E-state index contributed by atoms with van der Waals surface area (Å²) in [5.41, 5.74) is 2.16. The number of esters is 1. The molecule has 152 valence electrons. The van der Waals surface area contributed by atoms with E-state index in [1.165, 1.54) is 26.0 Å². The number of carbonyl (C=O) groups excluding carboxylic acids is 4. The van der Waals surface area contributed by atoms with E-state index in [0.29, 0.717) is 28.1 Å². The molecule has 0 aliphatic carbocycles. The molecule has 0 unspecified atom stereocenters. The smallest absolute Gasteiger partial charge is 0.374 e. The SMILES string of the molecule is CC(=O)c1ccc(-c2ccc(C(=O)OCC(=O)Nc3cccc(C(C)=O)c3)o2)cc1. The summed E-state index contributed by atoms with van der Waals surface area (Å²) in [6.45, 7) is 2.40. The van der Waals surface area contributed by atoms with Gasteiger partial charge in [0.2, 0.25) is 5.76 Å². The molecule has 0 saturated carbocycles. The summed E-state index contributed by atoms with van der Waals surface area (Å²) in [6.07, 6.45) is 0. The molecule has 3 rings (SSSR count). The number of anilines is 1. The van der Waals surface area contributed by atoms with Crippen LogP contribution < -0.4 is 5.32 Å². The van der Waals surface area contributed by atoms with E-state index in [1.807, 2.05) is 0 Å². The molecular formula is C23H19NO6. The molecule has 0 aliphatic rings. The number of hydrogen-bond donors (Lipinski definition) is 1. The molecular weight excluding hydrogens is 386 g/mol. The highest BCUT2D eigenvalue weighted by atomic mass is 16.5. The second-order valence-corrected chi connectivity index (χ2v) is 6.56. The fourth-order valence-corrected chi connectivity index (χ4v) is 2.69. The molecule has 0 saturated heterocycles. The average molecular weight is 405 g/mol. The van der Waals surface area contributed by atoms with Crippen LogP contribution in [0.3, 0.4) is 0 Å². The molecule has 0 radical (unpaired) electrons. The topological polar surface area (TPSA) is 103 Å². The van der Waals surface area contributed by atoms with Gasteiger partial charge in [-0.25, -0.2) is 4.79 Å². The van der Waals surface area contributed by atoms with Gasteiger partial charge < -0.3 is 14.5 Å². The van der Waals surface area contributed by atoms with Crippen molar-refractivity contribution in [2.75, 3.05) is 11.9 Å². The zero-order valence-corrected chi connectivity index (χ0v) is 16.4. The van der Waals surface area contributed by atoms with E-state index >= 15 is 0 Å². The predicted molar refractivity (Wildman–Crippen MR) is 110 cm³/mol. The van der Waals surface area contributed by atoms with Crippen LogP contribution in [0.4, 0.5) is 5.69 Å². The molecule has 0 atom stereocenters. The lowest BCUT2D eigenvalue weighted by molar-refractivity contribution is -0.119. The Kier molecular flexibility index (Phi) is 6.22. The molecule has 0 bridgehead atoms. The van der Waals surface area contributed by atoms with E-state index in [2.05, 4.69) is 5.32 Å². The van der Waals surface area contributed by atoms with Crippen molar-refractivity contribution >= 4 is 29.1 Å². The zero-order valence-electron chi connectivity index (χ0n) is 16.4. The van der Waals surface area contributed by atoms with Gasteiger partial charge in [0.1, 0.15) is 5.76 Å². The summed E-state index contributed by atoms with van der Waals surface area (Å²) < 4.78 is 10.5. The highest BCUT2D eigenvalue weighted by Crippen LogP contribution is 2.23. The van der Waals surface area contributed by atoms with Gasteiger partial charge in [-0.15, -0.1) is 0 Å². The summed E-state index contributed by atoms with van der Waals surface area (Å²) in [7, 11) is 0. The van der Waals surface area contributed by atoms with Gasteiger partial charge in [0.25, 0.3) is 5.91 Å². The van der Waals surface area contributed by atoms with Gasteiger partial charge in [0.05, 0.1) is 0 Å². The molecule has 2 aromatic carbocycles. The standard InChI is InChI=1S/C23H19NO6/c1-14(25)16-6-8-17(9-7-16)20-10-11-21(30-20)23(28)29-13-22(27)24-19-5-3-4-18(12-19)15(2)26/h3-12H,13H2,1-2H3,(H,24,27). The first-order chi connectivity index (χ1) is 14.3. The van der Waals surface area contributed by atoms with Crippen LogP contribution in [0.5, 0.6) is 0 Å². The lowest BCUT2D eigenvalue weighted by atomic mass is 10.1. The maximum Gasteiger partial charge on any atom is 0.374 e. The fraction of sp³-hybridized carbons (Fsp3) is 0.130. The minimum atomic E-state index is -0.783. The van der Waals surface area contributed by atoms with E-state index < -0.39 is 18.5 Å². The van der Waals surface area contributed by atoms with Crippen LogP contribution in [0.1, 0.15) is 45.1 Å². The Balaban J connectivity index is 1.57. The Hall–Kier alpha value is -4.00. The van der Waals surface area contributed by atoms with Crippen LogP contribution in [-0.2, 0) is 9.53 Å². The van der Waals surface area contributed by atoms with Crippen molar-refractivity contribution in [1.82, 2.24) is 0 Å². The summed E-state index contributed by atoms with van der Waals surface area (Å²) in [5, 5.41) is 2.56. The molecule has 30 heavy (non-hydrogen) atoms. The minimum Gasteiger partial charge on any atom is -0.450 e. The first-order valence-electron chi connectivity index (χ1n) is 9.12. The molecule has 7 heteroatoms. The van der Waals surface area contributed by atoms with Crippen molar-refractivity contribution in [2.24, 2.45) is 0 Å². The van der Waals surface area contributed by atoms with E-state index in [-0.39, 0.29) is 17.3 Å². The van der Waals surface area contributed by atoms with Crippen LogP contribution in [0, 0.1) is 0 Å². The number of nitrogens with one attached hydrogen (secondary N) is 1. The van der Waals surface area contributed by atoms with Crippen LogP contribution in [0.15, 0.2) is 65.1 Å². The van der Waals surface area contributed by atoms with Crippen LogP contribution >= 0.6 is 0 Å². The van der Waals surface area contributed by atoms with E-state index in [4.69, 9.17) is 9.15 Å². The average Bonchev–Trinajstić information content (AvgIpc) is 3.22. The van der Waals surface area contributed by atoms with Gasteiger partial charge in [0, 0.05) is 22.4 Å². The van der Waals surface area contributed by atoms with E-state index in [1.54, 1.807) is 48.5 Å². The molecule has 7 nitrogen and oxygen atoms in total. The number of rotatable bonds is 7. The van der Waals surface area contributed by atoms with E-state index in [0.717, 1.165) is 0 Å². The maximum atomic E-state index is 12.1. The Morgan fingerprint density at radius 1 is 0.867 bits per heavy atom. The van der Waals surface area contributed by atoms with Crippen LogP contribution in [0.25, 0.3) is 11.3 Å². The van der Waals surface area contributed by atoms with Crippen molar-refractivity contribution in [3.8, 4) is 11.3 Å². The zero-order chi connectivity index (χ0) is 21.7. The number of ketones is 2. The quantitative estimate of drug-likeness (QED) is 0.468. The number of amides is 1. The lowest BCUT2D eigenvalue weighted by Crippen LogP contribution is -2.20. The summed E-state index contributed by atoms with van der Waals surface area (Å²) in [6, 6.07) is 16.3. The third-order valence-corrected chi connectivity index (χ3v) is 4.27. The van der Waals surface area contributed by atoms with Crippen molar-refractivity contribution in [2.45, 2.75) is 13.8 Å². The number of ether oxygens (including phenoxy) is 1. The third kappa shape index (κ3) is 5.08. The Morgan fingerprint density at radius 3 is 2.23 bits per heavy atom. The number of hydrogen-bond acceptors (Lipinski definition) is 6. The molecule has 3 aromatic rings. The molecule has 1 N–H and O–H groups in total. The molecule has 1 amide bonds. The number of carbonyl (C=O) groups is 4. The third-order valence-electron chi connectivity index (χ3n) is 4.27. The predicted octanol–water partition coefficient (Wildman–Crippen LogP) is 4.15. The highest BCUT2D eigenvalue weighted by Gasteiger charge is 2.16. The Bertz CT molecular complexity index is 1110. The van der Waals surface area contributed by atoms with Gasteiger partial charge in [0.15, 0.2) is 18.2 Å². The van der Waals surface area contributed by atoms with Gasteiger partial charge in [-0.2, -0.15) is 0 Å². The molecule has 1 heterocycles. The summed E-state index contributed by atoms with van der Waals surface area (Å²) >= 11 is 0. The van der Waals surface area contributed by atoms with E-state index in [9.17, 15) is 19.2 Å². The summed E-state index contributed by atoms with van der Waals surface area (Å²) in [4.78, 5) is 46.9. The number of furan rings is 1. The monoisotopic (exact) mass is 405 g/mol. The second kappa shape index (κ2) is 9.00. The van der Waals surface area contributed by atoms with Gasteiger partial charge >= 0.3 is 5.97 Å². The number of benzene rings is 2. The minimum absolute atomic E-state index is 0.0449. The van der Waals surface area contributed by atoms with Crippen molar-refractivity contribution in [3.05, 3.63) is 77.6 Å². The number of Topliss-reactive ketones (excluding diaryl/α,β-unsaturated/α-hetero) is 2. The largest absolute Gasteiger partial charge is 0.450 e. The fourth-order valence-electron chi connectivity index (χ4n) is 2.69. The first kappa shape index (κ1) is 20.7. The molecule has 0 aliphatic heterocycles. The lowest BCUT2D eigenvalue weighted by Gasteiger charge is -2.07. The normalized spacial score (nSPS) is 10.3. The molecule has 1 aromatic heterocycles. The Morgan fingerprint density at radius 2 is 1.57 bits per heavy atom. The highest BCUT2D eigenvalue weighted by molar-refractivity contribution is 5.98.